The summed E-state index contributed by atoms with van der Waals surface area (Å²) in [7, 11) is -3.91. The van der Waals surface area contributed by atoms with Gasteiger partial charge >= 0.3 is 0 Å². The van der Waals surface area contributed by atoms with Crippen molar-refractivity contribution >= 4 is 21.6 Å². The van der Waals surface area contributed by atoms with Crippen LogP contribution in [0.25, 0.3) is 0 Å². The van der Waals surface area contributed by atoms with Gasteiger partial charge in [0.05, 0.1) is 17.2 Å². The van der Waals surface area contributed by atoms with Crippen molar-refractivity contribution in [2.24, 2.45) is 0 Å². The minimum atomic E-state index is -3.91. The molecule has 2 rings (SSSR count). The minimum absolute atomic E-state index is 0.0247. The van der Waals surface area contributed by atoms with Gasteiger partial charge in [-0.15, -0.1) is 0 Å². The SMILES string of the molecule is CCOc1ccc(S(=O)(=O)N(CC(=O)N[C@@H](C)CC)c2ccccc2)cc1. The van der Waals surface area contributed by atoms with Gasteiger partial charge in [0.2, 0.25) is 5.91 Å². The number of sulfonamides is 1. The highest BCUT2D eigenvalue weighted by atomic mass is 32.2. The highest BCUT2D eigenvalue weighted by molar-refractivity contribution is 7.92. The number of ether oxygens (including phenoxy) is 1. The van der Waals surface area contributed by atoms with Crippen molar-refractivity contribution in [1.29, 1.82) is 0 Å². The zero-order chi connectivity index (χ0) is 19.9. The van der Waals surface area contributed by atoms with Crippen LogP contribution in [0.15, 0.2) is 59.5 Å². The predicted molar refractivity (Wildman–Crippen MR) is 106 cm³/mol. The van der Waals surface area contributed by atoms with E-state index < -0.39 is 10.0 Å². The van der Waals surface area contributed by atoms with Gasteiger partial charge in [-0.25, -0.2) is 8.42 Å². The van der Waals surface area contributed by atoms with Crippen LogP contribution in [0.5, 0.6) is 5.75 Å². The molecule has 1 atom stereocenters. The second kappa shape index (κ2) is 9.41. The molecule has 1 amide bonds. The van der Waals surface area contributed by atoms with Gasteiger partial charge < -0.3 is 10.1 Å². The average Bonchev–Trinajstić information content (AvgIpc) is 2.67. The number of carbonyl (C=O) groups is 1. The van der Waals surface area contributed by atoms with Crippen molar-refractivity contribution in [3.63, 3.8) is 0 Å². The number of nitrogens with zero attached hydrogens (tertiary/aromatic N) is 1. The number of carbonyl (C=O) groups excluding carboxylic acids is 1. The smallest absolute Gasteiger partial charge is 0.264 e. The Morgan fingerprint density at radius 2 is 1.70 bits per heavy atom. The topological polar surface area (TPSA) is 75.7 Å². The number of hydrogen-bond donors (Lipinski definition) is 1. The van der Waals surface area contributed by atoms with E-state index in [-0.39, 0.29) is 23.4 Å². The predicted octanol–water partition coefficient (Wildman–Crippen LogP) is 3.20. The number of rotatable bonds is 9. The summed E-state index contributed by atoms with van der Waals surface area (Å²) < 4.78 is 32.9. The van der Waals surface area contributed by atoms with E-state index in [0.717, 1.165) is 10.7 Å². The molecule has 2 aromatic rings. The van der Waals surface area contributed by atoms with Crippen molar-refractivity contribution in [2.75, 3.05) is 17.5 Å². The van der Waals surface area contributed by atoms with Crippen LogP contribution in [0.3, 0.4) is 0 Å². The van der Waals surface area contributed by atoms with Crippen molar-refractivity contribution < 1.29 is 17.9 Å². The summed E-state index contributed by atoms with van der Waals surface area (Å²) in [6.07, 6.45) is 0.767. The zero-order valence-electron chi connectivity index (χ0n) is 15.9. The molecule has 2 aromatic carbocycles. The Balaban J connectivity index is 2.35. The van der Waals surface area contributed by atoms with Gasteiger partial charge in [0.15, 0.2) is 0 Å². The Bertz CT molecular complexity index is 836. The van der Waals surface area contributed by atoms with Gasteiger partial charge in [0.1, 0.15) is 12.3 Å². The zero-order valence-corrected chi connectivity index (χ0v) is 16.7. The van der Waals surface area contributed by atoms with Crippen molar-refractivity contribution in [1.82, 2.24) is 5.32 Å². The van der Waals surface area contributed by atoms with Gasteiger partial charge in [-0.3, -0.25) is 9.10 Å². The first-order valence-electron chi connectivity index (χ1n) is 8.98. The Hall–Kier alpha value is -2.54. The highest BCUT2D eigenvalue weighted by Gasteiger charge is 2.27. The number of anilines is 1. The first-order valence-corrected chi connectivity index (χ1v) is 10.4. The summed E-state index contributed by atoms with van der Waals surface area (Å²) in [4.78, 5) is 12.5. The molecule has 0 bridgehead atoms. The van der Waals surface area contributed by atoms with Crippen LogP contribution in [-0.2, 0) is 14.8 Å². The fourth-order valence-corrected chi connectivity index (χ4v) is 3.88. The van der Waals surface area contributed by atoms with Gasteiger partial charge in [0, 0.05) is 6.04 Å². The van der Waals surface area contributed by atoms with Crippen molar-refractivity contribution in [2.45, 2.75) is 38.1 Å². The Labute approximate surface area is 161 Å². The van der Waals surface area contributed by atoms with Gasteiger partial charge in [-0.2, -0.15) is 0 Å². The summed E-state index contributed by atoms with van der Waals surface area (Å²) >= 11 is 0. The molecule has 1 N–H and O–H groups in total. The van der Waals surface area contributed by atoms with E-state index in [1.165, 1.54) is 12.1 Å². The Morgan fingerprint density at radius 3 is 2.26 bits per heavy atom. The second-order valence-corrected chi connectivity index (χ2v) is 7.99. The van der Waals surface area contributed by atoms with E-state index in [0.29, 0.717) is 18.0 Å². The van der Waals surface area contributed by atoms with Crippen LogP contribution < -0.4 is 14.4 Å². The van der Waals surface area contributed by atoms with Crippen LogP contribution in [-0.4, -0.2) is 33.5 Å². The highest BCUT2D eigenvalue weighted by Crippen LogP contribution is 2.25. The molecule has 0 aliphatic heterocycles. The van der Waals surface area contributed by atoms with Crippen molar-refractivity contribution in [3.05, 3.63) is 54.6 Å². The molecule has 0 radical (unpaired) electrons. The maximum atomic E-state index is 13.2. The lowest BCUT2D eigenvalue weighted by Gasteiger charge is -2.25. The van der Waals surface area contributed by atoms with Crippen LogP contribution in [0.2, 0.25) is 0 Å². The lowest BCUT2D eigenvalue weighted by atomic mass is 10.2. The van der Waals surface area contributed by atoms with Crippen LogP contribution >= 0.6 is 0 Å². The summed E-state index contributed by atoms with van der Waals surface area (Å²) in [5, 5.41) is 2.81. The molecule has 27 heavy (non-hydrogen) atoms. The molecule has 0 aliphatic rings. The lowest BCUT2D eigenvalue weighted by molar-refractivity contribution is -0.120. The number of benzene rings is 2. The molecular formula is C20H26N2O4S. The van der Waals surface area contributed by atoms with E-state index in [2.05, 4.69) is 5.32 Å². The van der Waals surface area contributed by atoms with E-state index in [1.54, 1.807) is 42.5 Å². The monoisotopic (exact) mass is 390 g/mol. The third-order valence-corrected chi connectivity index (χ3v) is 5.86. The van der Waals surface area contributed by atoms with E-state index >= 15 is 0 Å². The van der Waals surface area contributed by atoms with E-state index in [4.69, 9.17) is 4.74 Å². The largest absolute Gasteiger partial charge is 0.494 e. The molecule has 0 fully saturated rings. The molecule has 7 heteroatoms. The molecule has 146 valence electrons. The van der Waals surface area contributed by atoms with E-state index in [9.17, 15) is 13.2 Å². The van der Waals surface area contributed by atoms with Gasteiger partial charge in [-0.1, -0.05) is 25.1 Å². The van der Waals surface area contributed by atoms with Gasteiger partial charge in [-0.05, 0) is 56.7 Å². The van der Waals surface area contributed by atoms with Crippen molar-refractivity contribution in [3.8, 4) is 5.75 Å². The third kappa shape index (κ3) is 5.47. The van der Waals surface area contributed by atoms with Crippen LogP contribution in [0, 0.1) is 0 Å². The second-order valence-electron chi connectivity index (χ2n) is 6.13. The van der Waals surface area contributed by atoms with Gasteiger partial charge in [0.25, 0.3) is 10.0 Å². The van der Waals surface area contributed by atoms with Crippen LogP contribution in [0.4, 0.5) is 5.69 Å². The fourth-order valence-electron chi connectivity index (χ4n) is 2.46. The first kappa shape index (κ1) is 20.8. The average molecular weight is 391 g/mol. The summed E-state index contributed by atoms with van der Waals surface area (Å²) in [6, 6.07) is 14.8. The number of amides is 1. The van der Waals surface area contributed by atoms with Crippen LogP contribution in [0.1, 0.15) is 27.2 Å². The summed E-state index contributed by atoms with van der Waals surface area (Å²) in [6.45, 7) is 5.90. The Kier molecular flexibility index (Phi) is 7.24. The number of para-hydroxylation sites is 1. The minimum Gasteiger partial charge on any atom is -0.494 e. The quantitative estimate of drug-likeness (QED) is 0.713. The standard InChI is InChI=1S/C20H26N2O4S/c1-4-16(3)21-20(23)15-22(17-9-7-6-8-10-17)27(24,25)19-13-11-18(12-14-19)26-5-2/h6-14,16H,4-5,15H2,1-3H3,(H,21,23)/t16-/m0/s1. The fraction of sp³-hybridized carbons (Fsp3) is 0.350. The first-order chi connectivity index (χ1) is 12.9. The molecule has 0 spiro atoms. The molecule has 0 saturated carbocycles. The van der Waals surface area contributed by atoms with E-state index in [1.807, 2.05) is 20.8 Å². The molecule has 0 heterocycles. The maximum Gasteiger partial charge on any atom is 0.264 e. The third-order valence-electron chi connectivity index (χ3n) is 4.07. The molecular weight excluding hydrogens is 364 g/mol. The molecule has 0 aliphatic carbocycles. The molecule has 0 unspecified atom stereocenters. The summed E-state index contributed by atoms with van der Waals surface area (Å²) in [5.74, 6) is 0.250. The lowest BCUT2D eigenvalue weighted by Crippen LogP contribution is -2.43. The number of hydrogen-bond acceptors (Lipinski definition) is 4. The molecule has 0 saturated heterocycles. The Morgan fingerprint density at radius 1 is 1.07 bits per heavy atom. The summed E-state index contributed by atoms with van der Waals surface area (Å²) in [5.41, 5.74) is 0.436. The maximum absolute atomic E-state index is 13.2. The molecule has 6 nitrogen and oxygen atoms in total. The number of nitrogens with one attached hydrogen (secondary N) is 1. The normalized spacial score (nSPS) is 12.3. The molecule has 0 aromatic heterocycles.